The van der Waals surface area contributed by atoms with E-state index in [9.17, 15) is 9.59 Å². The van der Waals surface area contributed by atoms with E-state index >= 15 is 0 Å². The van der Waals surface area contributed by atoms with Crippen LogP contribution in [-0.4, -0.2) is 29.3 Å². The number of thioether (sulfide) groups is 1. The Hall–Kier alpha value is -1.41. The Bertz CT molecular complexity index is 786. The zero-order chi connectivity index (χ0) is 16.4. The standard InChI is InChI=1S/C16H12BrNO3S2/c17-10-3-1-4-11(9-10)18-15(20)13(12-5-2-7-22-12)14(16(18)21)23-8-6-19/h1-5,7,9,19H,6,8H2. The van der Waals surface area contributed by atoms with Gasteiger partial charge in [-0.1, -0.05) is 28.1 Å². The van der Waals surface area contributed by atoms with Gasteiger partial charge in [0.05, 0.1) is 22.8 Å². The molecular weight excluding hydrogens is 398 g/mol. The van der Waals surface area contributed by atoms with Crippen LogP contribution in [0.15, 0.2) is 51.2 Å². The number of carbonyl (C=O) groups is 2. The first kappa shape index (κ1) is 16.4. The van der Waals surface area contributed by atoms with Gasteiger partial charge < -0.3 is 5.11 Å². The molecule has 1 aromatic carbocycles. The number of anilines is 1. The summed E-state index contributed by atoms with van der Waals surface area (Å²) < 4.78 is 0.796. The van der Waals surface area contributed by atoms with Crippen LogP contribution in [0.4, 0.5) is 5.69 Å². The molecule has 7 heteroatoms. The number of hydrogen-bond donors (Lipinski definition) is 1. The molecule has 0 saturated carbocycles. The van der Waals surface area contributed by atoms with Crippen LogP contribution >= 0.6 is 39.0 Å². The molecule has 0 spiro atoms. The van der Waals surface area contributed by atoms with Crippen molar-refractivity contribution >= 4 is 62.1 Å². The zero-order valence-electron chi connectivity index (χ0n) is 11.9. The molecule has 0 bridgehead atoms. The Labute approximate surface area is 149 Å². The largest absolute Gasteiger partial charge is 0.396 e. The first-order valence-electron chi connectivity index (χ1n) is 6.79. The van der Waals surface area contributed by atoms with E-state index in [1.807, 2.05) is 23.6 Å². The van der Waals surface area contributed by atoms with Crippen molar-refractivity contribution in [2.24, 2.45) is 0 Å². The summed E-state index contributed by atoms with van der Waals surface area (Å²) in [6.45, 7) is -0.0513. The molecule has 1 N–H and O–H groups in total. The van der Waals surface area contributed by atoms with E-state index in [0.29, 0.717) is 21.9 Å². The molecule has 0 unspecified atom stereocenters. The van der Waals surface area contributed by atoms with E-state index in [0.717, 1.165) is 9.35 Å². The highest BCUT2D eigenvalue weighted by atomic mass is 79.9. The van der Waals surface area contributed by atoms with E-state index in [-0.39, 0.29) is 18.4 Å². The van der Waals surface area contributed by atoms with Crippen molar-refractivity contribution in [1.82, 2.24) is 0 Å². The maximum absolute atomic E-state index is 12.9. The number of nitrogens with zero attached hydrogens (tertiary/aromatic N) is 1. The fourth-order valence-corrected chi connectivity index (χ4v) is 4.35. The van der Waals surface area contributed by atoms with Crippen LogP contribution in [0.25, 0.3) is 5.57 Å². The molecule has 4 nitrogen and oxygen atoms in total. The highest BCUT2D eigenvalue weighted by molar-refractivity contribution is 9.10. The minimum absolute atomic E-state index is 0.0513. The van der Waals surface area contributed by atoms with Crippen LogP contribution in [0.2, 0.25) is 0 Å². The van der Waals surface area contributed by atoms with Gasteiger partial charge >= 0.3 is 0 Å². The lowest BCUT2D eigenvalue weighted by molar-refractivity contribution is -0.119. The lowest BCUT2D eigenvalue weighted by Crippen LogP contribution is -2.31. The molecule has 0 aliphatic carbocycles. The Morgan fingerprint density at radius 3 is 2.65 bits per heavy atom. The third-order valence-corrected chi connectivity index (χ3v) is 5.65. The highest BCUT2D eigenvalue weighted by Gasteiger charge is 2.40. The van der Waals surface area contributed by atoms with Gasteiger partial charge in [-0.05, 0) is 29.6 Å². The summed E-state index contributed by atoms with van der Waals surface area (Å²) in [6, 6.07) is 10.8. The van der Waals surface area contributed by atoms with Crippen molar-refractivity contribution in [3.8, 4) is 0 Å². The number of aliphatic hydroxyl groups excluding tert-OH is 1. The van der Waals surface area contributed by atoms with Crippen molar-refractivity contribution in [2.45, 2.75) is 0 Å². The van der Waals surface area contributed by atoms with Gasteiger partial charge in [0.15, 0.2) is 0 Å². The molecule has 2 amide bonds. The summed E-state index contributed by atoms with van der Waals surface area (Å²) in [4.78, 5) is 28.0. The average molecular weight is 410 g/mol. The van der Waals surface area contributed by atoms with Gasteiger partial charge in [0, 0.05) is 15.1 Å². The van der Waals surface area contributed by atoms with Crippen molar-refractivity contribution < 1.29 is 14.7 Å². The van der Waals surface area contributed by atoms with Gasteiger partial charge in [0.1, 0.15) is 0 Å². The first-order valence-corrected chi connectivity index (χ1v) is 9.45. The summed E-state index contributed by atoms with van der Waals surface area (Å²) in [5.74, 6) is -0.291. The maximum Gasteiger partial charge on any atom is 0.272 e. The number of hydrogen-bond acceptors (Lipinski definition) is 5. The second-order valence-electron chi connectivity index (χ2n) is 4.68. The maximum atomic E-state index is 12.9. The van der Waals surface area contributed by atoms with Crippen molar-refractivity contribution in [2.75, 3.05) is 17.3 Å². The van der Waals surface area contributed by atoms with E-state index in [2.05, 4.69) is 15.9 Å². The minimum Gasteiger partial charge on any atom is -0.396 e. The molecule has 0 saturated heterocycles. The molecule has 0 radical (unpaired) electrons. The van der Waals surface area contributed by atoms with Crippen LogP contribution in [0.5, 0.6) is 0 Å². The van der Waals surface area contributed by atoms with E-state index in [1.54, 1.807) is 18.2 Å². The van der Waals surface area contributed by atoms with Crippen LogP contribution in [0.3, 0.4) is 0 Å². The molecule has 3 rings (SSSR count). The molecule has 2 heterocycles. The number of thiophene rings is 1. The summed E-state index contributed by atoms with van der Waals surface area (Å²) in [5, 5.41) is 10.9. The topological polar surface area (TPSA) is 57.6 Å². The number of aliphatic hydroxyl groups is 1. The minimum atomic E-state index is -0.338. The third kappa shape index (κ3) is 3.14. The molecule has 1 aliphatic heterocycles. The number of imide groups is 1. The number of carbonyl (C=O) groups excluding carboxylic acids is 2. The van der Waals surface area contributed by atoms with Crippen LogP contribution in [0.1, 0.15) is 4.88 Å². The second kappa shape index (κ2) is 7.00. The van der Waals surface area contributed by atoms with Gasteiger partial charge in [0.2, 0.25) is 0 Å². The van der Waals surface area contributed by atoms with Crippen LogP contribution in [0, 0.1) is 0 Å². The average Bonchev–Trinajstić information content (AvgIpc) is 3.12. The van der Waals surface area contributed by atoms with Gasteiger partial charge in [-0.15, -0.1) is 23.1 Å². The molecule has 23 heavy (non-hydrogen) atoms. The number of halogens is 1. The Morgan fingerprint density at radius 2 is 2.00 bits per heavy atom. The lowest BCUT2D eigenvalue weighted by Gasteiger charge is -2.15. The van der Waals surface area contributed by atoms with Crippen molar-refractivity contribution in [1.29, 1.82) is 0 Å². The predicted molar refractivity (Wildman–Crippen MR) is 97.4 cm³/mol. The van der Waals surface area contributed by atoms with Crippen molar-refractivity contribution in [3.05, 3.63) is 56.0 Å². The Kier molecular flexibility index (Phi) is 5.01. The first-order chi connectivity index (χ1) is 11.1. The fourth-order valence-electron chi connectivity index (χ4n) is 2.28. The lowest BCUT2D eigenvalue weighted by atomic mass is 10.2. The molecule has 1 aromatic heterocycles. The normalized spacial score (nSPS) is 15.0. The van der Waals surface area contributed by atoms with Crippen molar-refractivity contribution in [3.63, 3.8) is 0 Å². The summed E-state index contributed by atoms with van der Waals surface area (Å²) >= 11 is 6.00. The molecule has 0 fully saturated rings. The number of benzene rings is 1. The van der Waals surface area contributed by atoms with Gasteiger partial charge in [-0.25, -0.2) is 4.90 Å². The van der Waals surface area contributed by atoms with Gasteiger partial charge in [-0.2, -0.15) is 0 Å². The molecule has 0 atom stereocenters. The molecular formula is C16H12BrNO3S2. The third-order valence-electron chi connectivity index (χ3n) is 3.21. The van der Waals surface area contributed by atoms with Crippen LogP contribution in [-0.2, 0) is 9.59 Å². The highest BCUT2D eigenvalue weighted by Crippen LogP contribution is 2.39. The number of rotatable bonds is 5. The number of amides is 2. The molecule has 2 aromatic rings. The second-order valence-corrected chi connectivity index (χ2v) is 7.65. The van der Waals surface area contributed by atoms with E-state index in [4.69, 9.17) is 5.11 Å². The fraction of sp³-hybridized carbons (Fsp3) is 0.125. The van der Waals surface area contributed by atoms with Gasteiger partial charge in [0.25, 0.3) is 11.8 Å². The summed E-state index contributed by atoms with van der Waals surface area (Å²) in [7, 11) is 0. The monoisotopic (exact) mass is 409 g/mol. The smallest absolute Gasteiger partial charge is 0.272 e. The SMILES string of the molecule is O=C1C(SCCO)=C(c2cccs2)C(=O)N1c1cccc(Br)c1. The van der Waals surface area contributed by atoms with Crippen LogP contribution < -0.4 is 4.90 Å². The van der Waals surface area contributed by atoms with E-state index < -0.39 is 0 Å². The van der Waals surface area contributed by atoms with E-state index in [1.165, 1.54) is 28.0 Å². The Morgan fingerprint density at radius 1 is 1.17 bits per heavy atom. The Balaban J connectivity index is 2.05. The molecule has 118 valence electrons. The summed E-state index contributed by atoms with van der Waals surface area (Å²) in [5.41, 5.74) is 0.950. The quantitative estimate of drug-likeness (QED) is 0.767. The predicted octanol–water partition coefficient (Wildman–Crippen LogP) is 3.52. The zero-order valence-corrected chi connectivity index (χ0v) is 15.1. The molecule has 1 aliphatic rings. The van der Waals surface area contributed by atoms with Gasteiger partial charge in [-0.3, -0.25) is 9.59 Å². The summed E-state index contributed by atoms with van der Waals surface area (Å²) in [6.07, 6.45) is 0.